The lowest BCUT2D eigenvalue weighted by atomic mass is 10.2. The maximum atomic E-state index is 6.10. The van der Waals surface area contributed by atoms with Gasteiger partial charge in [-0.25, -0.2) is 4.98 Å². The van der Waals surface area contributed by atoms with Gasteiger partial charge in [0.2, 0.25) is 5.89 Å². The summed E-state index contributed by atoms with van der Waals surface area (Å²) < 4.78 is 5.31. The number of nitrogens with zero attached hydrogens (tertiary/aromatic N) is 4. The van der Waals surface area contributed by atoms with Crippen molar-refractivity contribution in [2.45, 2.75) is 38.1 Å². The van der Waals surface area contributed by atoms with Crippen molar-refractivity contribution in [1.29, 1.82) is 0 Å². The van der Waals surface area contributed by atoms with Crippen molar-refractivity contribution >= 4 is 5.95 Å². The zero-order valence-electron chi connectivity index (χ0n) is 11.5. The fourth-order valence-electron chi connectivity index (χ4n) is 2.50. The summed E-state index contributed by atoms with van der Waals surface area (Å²) in [6, 6.07) is -0.302. The molecule has 2 aromatic rings. The van der Waals surface area contributed by atoms with E-state index in [-0.39, 0.29) is 6.04 Å². The smallest absolute Gasteiger partial charge is 0.266 e. The molecule has 1 aliphatic rings. The van der Waals surface area contributed by atoms with Crippen molar-refractivity contribution in [1.82, 2.24) is 20.1 Å². The first-order valence-corrected chi connectivity index (χ1v) is 7.14. The first-order valence-electron chi connectivity index (χ1n) is 7.14. The molecule has 2 aromatic heterocycles. The number of rotatable bonds is 4. The van der Waals surface area contributed by atoms with Crippen LogP contribution in [0, 0.1) is 0 Å². The predicted molar refractivity (Wildman–Crippen MR) is 74.2 cm³/mol. The average Bonchev–Trinajstić information content (AvgIpc) is 3.06. The number of nitrogens with one attached hydrogen (secondary N) is 1. The highest BCUT2D eigenvalue weighted by atomic mass is 16.5. The topological polar surface area (TPSA) is 96.9 Å². The van der Waals surface area contributed by atoms with Crippen molar-refractivity contribution in [2.75, 3.05) is 18.0 Å². The van der Waals surface area contributed by atoms with Crippen LogP contribution in [0.1, 0.15) is 43.3 Å². The van der Waals surface area contributed by atoms with Gasteiger partial charge in [0.05, 0.1) is 12.4 Å². The molecule has 0 bridgehead atoms. The van der Waals surface area contributed by atoms with E-state index in [1.165, 1.54) is 25.7 Å². The van der Waals surface area contributed by atoms with Crippen LogP contribution in [-0.2, 0) is 6.42 Å². The Morgan fingerprint density at radius 1 is 1.30 bits per heavy atom. The molecular weight excluding hydrogens is 256 g/mol. The van der Waals surface area contributed by atoms with Gasteiger partial charge < -0.3 is 20.1 Å². The zero-order valence-corrected chi connectivity index (χ0v) is 11.5. The third-order valence-electron chi connectivity index (χ3n) is 3.63. The molecule has 0 aromatic carbocycles. The summed E-state index contributed by atoms with van der Waals surface area (Å²) in [5, 5.41) is 4.07. The molecule has 3 N–H and O–H groups in total. The lowest BCUT2D eigenvalue weighted by molar-refractivity contribution is 0.352. The summed E-state index contributed by atoms with van der Waals surface area (Å²) in [6.07, 6.45) is 8.93. The second-order valence-electron chi connectivity index (χ2n) is 5.22. The molecule has 1 aliphatic heterocycles. The Morgan fingerprint density at radius 2 is 2.10 bits per heavy atom. The van der Waals surface area contributed by atoms with E-state index < -0.39 is 0 Å². The second-order valence-corrected chi connectivity index (χ2v) is 5.22. The molecule has 7 nitrogen and oxygen atoms in total. The van der Waals surface area contributed by atoms with E-state index in [0.717, 1.165) is 18.8 Å². The minimum atomic E-state index is -0.302. The molecule has 0 aliphatic carbocycles. The highest BCUT2D eigenvalue weighted by Gasteiger charge is 2.20. The lowest BCUT2D eigenvalue weighted by Crippen LogP contribution is -2.25. The van der Waals surface area contributed by atoms with Crippen molar-refractivity contribution < 1.29 is 4.52 Å². The van der Waals surface area contributed by atoms with Crippen LogP contribution in [0.5, 0.6) is 0 Å². The minimum Gasteiger partial charge on any atom is -0.348 e. The van der Waals surface area contributed by atoms with E-state index in [1.54, 1.807) is 12.5 Å². The van der Waals surface area contributed by atoms with Crippen LogP contribution in [-0.4, -0.2) is 33.2 Å². The number of hydrogen-bond acceptors (Lipinski definition) is 6. The van der Waals surface area contributed by atoms with Crippen LogP contribution in [0.4, 0.5) is 5.95 Å². The van der Waals surface area contributed by atoms with E-state index >= 15 is 0 Å². The van der Waals surface area contributed by atoms with E-state index in [1.807, 2.05) is 0 Å². The highest BCUT2D eigenvalue weighted by Crippen LogP contribution is 2.19. The summed E-state index contributed by atoms with van der Waals surface area (Å²) in [5.74, 6) is 1.15. The third-order valence-corrected chi connectivity index (χ3v) is 3.63. The first kappa shape index (κ1) is 13.1. The van der Waals surface area contributed by atoms with Crippen molar-refractivity contribution in [3.8, 4) is 0 Å². The largest absolute Gasteiger partial charge is 0.348 e. The van der Waals surface area contributed by atoms with Crippen LogP contribution in [0.3, 0.4) is 0 Å². The summed E-state index contributed by atoms with van der Waals surface area (Å²) in [5.41, 5.74) is 7.06. The first-order chi connectivity index (χ1) is 9.83. The van der Waals surface area contributed by atoms with Crippen LogP contribution in [0.2, 0.25) is 0 Å². The Kier molecular flexibility index (Phi) is 3.96. The van der Waals surface area contributed by atoms with Crippen LogP contribution in [0.25, 0.3) is 0 Å². The van der Waals surface area contributed by atoms with E-state index in [2.05, 4.69) is 25.0 Å². The second kappa shape index (κ2) is 6.04. The van der Waals surface area contributed by atoms with Gasteiger partial charge in [0.25, 0.3) is 5.95 Å². The average molecular weight is 276 g/mol. The number of H-pyrrole nitrogens is 1. The Balaban J connectivity index is 1.66. The molecule has 1 fully saturated rings. The monoisotopic (exact) mass is 276 g/mol. The van der Waals surface area contributed by atoms with Gasteiger partial charge in [0.1, 0.15) is 0 Å². The number of nitrogens with two attached hydrogens (primary N) is 1. The lowest BCUT2D eigenvalue weighted by Gasteiger charge is -2.16. The fourth-order valence-corrected chi connectivity index (χ4v) is 2.50. The molecule has 3 rings (SSSR count). The number of aromatic amines is 1. The number of anilines is 1. The molecular formula is C13H20N6O. The molecule has 108 valence electrons. The molecule has 0 saturated carbocycles. The Bertz CT molecular complexity index is 515. The van der Waals surface area contributed by atoms with Gasteiger partial charge in [-0.1, -0.05) is 12.8 Å². The molecule has 1 atom stereocenters. The maximum absolute atomic E-state index is 6.10. The Morgan fingerprint density at radius 3 is 2.80 bits per heavy atom. The van der Waals surface area contributed by atoms with Crippen LogP contribution >= 0.6 is 0 Å². The maximum Gasteiger partial charge on any atom is 0.266 e. The van der Waals surface area contributed by atoms with Crippen molar-refractivity contribution in [2.24, 2.45) is 5.73 Å². The van der Waals surface area contributed by atoms with E-state index in [4.69, 9.17) is 10.3 Å². The standard InChI is InChI=1S/C13H20N6O/c14-11(7-10-8-15-9-16-10)12-17-13(18-20-12)19-5-3-1-2-4-6-19/h8-9,11H,1-7,14H2,(H,15,16)/t11-/m0/s1. The van der Waals surface area contributed by atoms with Crippen molar-refractivity contribution in [3.05, 3.63) is 24.1 Å². The molecule has 0 radical (unpaired) electrons. The summed E-state index contributed by atoms with van der Waals surface area (Å²) in [7, 11) is 0. The van der Waals surface area contributed by atoms with Gasteiger partial charge >= 0.3 is 0 Å². The number of imidazole rings is 1. The molecule has 20 heavy (non-hydrogen) atoms. The minimum absolute atomic E-state index is 0.302. The molecule has 0 amide bonds. The molecule has 3 heterocycles. The quantitative estimate of drug-likeness (QED) is 0.876. The molecule has 0 unspecified atom stereocenters. The van der Waals surface area contributed by atoms with Crippen LogP contribution in [0.15, 0.2) is 17.0 Å². The van der Waals surface area contributed by atoms with Gasteiger partial charge in [0.15, 0.2) is 0 Å². The summed E-state index contributed by atoms with van der Waals surface area (Å²) >= 11 is 0. The Labute approximate surface area is 117 Å². The van der Waals surface area contributed by atoms with E-state index in [9.17, 15) is 0 Å². The molecule has 1 saturated heterocycles. The fraction of sp³-hybridized carbons (Fsp3) is 0.615. The summed E-state index contributed by atoms with van der Waals surface area (Å²) in [4.78, 5) is 13.6. The zero-order chi connectivity index (χ0) is 13.8. The highest BCUT2D eigenvalue weighted by molar-refractivity contribution is 5.28. The third kappa shape index (κ3) is 2.98. The van der Waals surface area contributed by atoms with Gasteiger partial charge in [-0.15, -0.1) is 0 Å². The SMILES string of the molecule is N[C@@H](Cc1cnc[nH]1)c1nc(N2CCCCCC2)no1. The number of aromatic nitrogens is 4. The number of hydrogen-bond donors (Lipinski definition) is 2. The molecule has 0 spiro atoms. The van der Waals surface area contributed by atoms with Gasteiger partial charge in [0, 0.05) is 31.4 Å². The van der Waals surface area contributed by atoms with Gasteiger partial charge in [-0.2, -0.15) is 4.98 Å². The predicted octanol–water partition coefficient (Wildman–Crippen LogP) is 1.42. The summed E-state index contributed by atoms with van der Waals surface area (Å²) in [6.45, 7) is 1.99. The van der Waals surface area contributed by atoms with Crippen LogP contribution < -0.4 is 10.6 Å². The Hall–Kier alpha value is -1.89. The van der Waals surface area contributed by atoms with E-state index in [0.29, 0.717) is 18.3 Å². The van der Waals surface area contributed by atoms with Gasteiger partial charge in [-0.05, 0) is 18.0 Å². The van der Waals surface area contributed by atoms with Crippen molar-refractivity contribution in [3.63, 3.8) is 0 Å². The normalized spacial score (nSPS) is 17.9. The molecule has 7 heteroatoms. The van der Waals surface area contributed by atoms with Gasteiger partial charge in [-0.3, -0.25) is 0 Å².